The molecule has 0 N–H and O–H groups in total. The molecule has 0 saturated carbocycles. The molecule has 0 bridgehead atoms. The highest BCUT2D eigenvalue weighted by molar-refractivity contribution is 6.10. The standard InChI is InChI=1S/C36H20N4O/c1-37-22-17-18-30-24(21-22)23-9-2-4-14-29(23)40(30)31-15-6-11-28-35(31)41-32-16-5-3-10-25(32)36(28)26-12-7-19-38-33(26)34-27(36)13-8-20-39-34/h2-21H. The fourth-order valence-electron chi connectivity index (χ4n) is 7.03. The van der Waals surface area contributed by atoms with Crippen LogP contribution in [0.4, 0.5) is 5.69 Å². The molecule has 4 heterocycles. The Labute approximate surface area is 235 Å². The Kier molecular flexibility index (Phi) is 4.27. The van der Waals surface area contributed by atoms with Gasteiger partial charge in [0.25, 0.3) is 0 Å². The first-order valence-electron chi connectivity index (χ1n) is 13.5. The number of para-hydroxylation sites is 3. The Bertz CT molecular complexity index is 2230. The molecular formula is C36H20N4O. The molecule has 0 amide bonds. The molecule has 5 heteroatoms. The highest BCUT2D eigenvalue weighted by atomic mass is 16.5. The second kappa shape index (κ2) is 7.91. The van der Waals surface area contributed by atoms with Crippen LogP contribution in [-0.4, -0.2) is 14.5 Å². The van der Waals surface area contributed by atoms with Crippen LogP contribution in [0.15, 0.2) is 122 Å². The van der Waals surface area contributed by atoms with Gasteiger partial charge >= 0.3 is 0 Å². The van der Waals surface area contributed by atoms with E-state index in [-0.39, 0.29) is 0 Å². The van der Waals surface area contributed by atoms with Gasteiger partial charge in [0.2, 0.25) is 0 Å². The number of benzene rings is 4. The van der Waals surface area contributed by atoms with Crippen molar-refractivity contribution in [2.45, 2.75) is 5.41 Å². The third-order valence-corrected chi connectivity index (χ3v) is 8.58. The van der Waals surface area contributed by atoms with Crippen LogP contribution in [0, 0.1) is 6.57 Å². The van der Waals surface area contributed by atoms with Crippen LogP contribution in [0.2, 0.25) is 0 Å². The molecular weight excluding hydrogens is 504 g/mol. The first kappa shape index (κ1) is 22.1. The first-order chi connectivity index (χ1) is 20.3. The van der Waals surface area contributed by atoms with E-state index in [0.717, 1.165) is 72.6 Å². The molecule has 5 nitrogen and oxygen atoms in total. The zero-order valence-electron chi connectivity index (χ0n) is 21.7. The van der Waals surface area contributed by atoms with Gasteiger partial charge in [-0.15, -0.1) is 0 Å². The summed E-state index contributed by atoms with van der Waals surface area (Å²) in [6, 6.07) is 37.4. The van der Waals surface area contributed by atoms with Gasteiger partial charge in [-0.3, -0.25) is 9.97 Å². The monoisotopic (exact) mass is 524 g/mol. The van der Waals surface area contributed by atoms with Crippen LogP contribution >= 0.6 is 0 Å². The maximum atomic E-state index is 7.59. The van der Waals surface area contributed by atoms with E-state index < -0.39 is 5.41 Å². The van der Waals surface area contributed by atoms with Crippen LogP contribution in [0.25, 0.3) is 43.7 Å². The highest BCUT2D eigenvalue weighted by Gasteiger charge is 2.52. The number of fused-ring (bicyclic) bond motifs is 12. The van der Waals surface area contributed by atoms with Gasteiger partial charge in [-0.25, -0.2) is 4.85 Å². The molecule has 0 saturated heterocycles. The SMILES string of the molecule is [C-]#[N+]c1ccc2c(c1)c1ccccc1n2-c1cccc2c1Oc1ccccc1C21c2cccnc2-c2ncccc21. The molecule has 1 spiro atoms. The molecule has 9 rings (SSSR count). The van der Waals surface area contributed by atoms with E-state index in [9.17, 15) is 0 Å². The van der Waals surface area contributed by atoms with E-state index in [1.807, 2.05) is 54.9 Å². The molecule has 3 aromatic heterocycles. The first-order valence-corrected chi connectivity index (χ1v) is 13.5. The van der Waals surface area contributed by atoms with E-state index >= 15 is 0 Å². The third kappa shape index (κ3) is 2.69. The van der Waals surface area contributed by atoms with Gasteiger partial charge in [0.15, 0.2) is 11.4 Å². The molecule has 1 aliphatic heterocycles. The van der Waals surface area contributed by atoms with E-state index in [0.29, 0.717) is 5.69 Å². The Morgan fingerprint density at radius 3 is 2.12 bits per heavy atom. The highest BCUT2D eigenvalue weighted by Crippen LogP contribution is 2.62. The van der Waals surface area contributed by atoms with Gasteiger partial charge in [-0.1, -0.05) is 66.7 Å². The summed E-state index contributed by atoms with van der Waals surface area (Å²) in [4.78, 5) is 13.4. The van der Waals surface area contributed by atoms with Crippen LogP contribution in [0.5, 0.6) is 11.5 Å². The van der Waals surface area contributed by atoms with E-state index in [4.69, 9.17) is 21.3 Å². The number of hydrogen-bond donors (Lipinski definition) is 0. The normalized spacial score (nSPS) is 13.7. The smallest absolute Gasteiger partial charge is 0.188 e. The lowest BCUT2D eigenvalue weighted by Crippen LogP contribution is -2.32. The van der Waals surface area contributed by atoms with Gasteiger partial charge in [0.05, 0.1) is 40.1 Å². The predicted octanol–water partition coefficient (Wildman–Crippen LogP) is 8.59. The summed E-state index contributed by atoms with van der Waals surface area (Å²) in [5.74, 6) is 1.62. The maximum absolute atomic E-state index is 7.59. The molecule has 190 valence electrons. The molecule has 4 aromatic carbocycles. The number of rotatable bonds is 1. The molecule has 7 aromatic rings. The van der Waals surface area contributed by atoms with Crippen molar-refractivity contribution in [3.05, 3.63) is 155 Å². The number of nitrogens with zero attached hydrogens (tertiary/aromatic N) is 4. The maximum Gasteiger partial charge on any atom is 0.188 e. The lowest BCUT2D eigenvalue weighted by Gasteiger charge is -2.39. The molecule has 1 aliphatic carbocycles. The molecule has 0 radical (unpaired) electrons. The fraction of sp³-hybridized carbons (Fsp3) is 0.0278. The van der Waals surface area contributed by atoms with Crippen LogP contribution in [-0.2, 0) is 5.41 Å². The zero-order valence-corrected chi connectivity index (χ0v) is 21.7. The molecule has 0 atom stereocenters. The zero-order chi connectivity index (χ0) is 27.1. The van der Waals surface area contributed by atoms with Crippen molar-refractivity contribution in [3.63, 3.8) is 0 Å². The average Bonchev–Trinajstić information content (AvgIpc) is 3.52. The van der Waals surface area contributed by atoms with E-state index in [1.165, 1.54) is 0 Å². The number of pyridine rings is 2. The number of ether oxygens (including phenoxy) is 1. The van der Waals surface area contributed by atoms with Gasteiger partial charge in [0.1, 0.15) is 5.75 Å². The van der Waals surface area contributed by atoms with E-state index in [2.05, 4.69) is 76.1 Å². The summed E-state index contributed by atoms with van der Waals surface area (Å²) in [7, 11) is 0. The van der Waals surface area contributed by atoms with Crippen molar-refractivity contribution in [2.75, 3.05) is 0 Å². The summed E-state index contributed by atoms with van der Waals surface area (Å²) in [6.45, 7) is 7.59. The summed E-state index contributed by atoms with van der Waals surface area (Å²) in [5, 5.41) is 2.14. The van der Waals surface area contributed by atoms with Crippen molar-refractivity contribution in [3.8, 4) is 28.6 Å². The number of hydrogen-bond acceptors (Lipinski definition) is 3. The molecule has 0 unspecified atom stereocenters. The largest absolute Gasteiger partial charge is 0.454 e. The lowest BCUT2D eigenvalue weighted by molar-refractivity contribution is 0.434. The van der Waals surface area contributed by atoms with Crippen LogP contribution in [0.1, 0.15) is 22.3 Å². The minimum absolute atomic E-state index is 0.624. The summed E-state index contributed by atoms with van der Waals surface area (Å²) >= 11 is 0. The summed E-state index contributed by atoms with van der Waals surface area (Å²) < 4.78 is 9.15. The number of aromatic nitrogens is 3. The average molecular weight is 525 g/mol. The van der Waals surface area contributed by atoms with E-state index in [1.54, 1.807) is 0 Å². The minimum Gasteiger partial charge on any atom is -0.454 e. The second-order valence-electron chi connectivity index (χ2n) is 10.5. The van der Waals surface area contributed by atoms with Gasteiger partial charge in [-0.05, 0) is 59.0 Å². The van der Waals surface area contributed by atoms with Gasteiger partial charge in [-0.2, -0.15) is 0 Å². The Morgan fingerprint density at radius 2 is 1.32 bits per heavy atom. The Balaban J connectivity index is 1.44. The lowest BCUT2D eigenvalue weighted by atomic mass is 9.66. The van der Waals surface area contributed by atoms with Gasteiger partial charge < -0.3 is 9.30 Å². The van der Waals surface area contributed by atoms with Crippen LogP contribution < -0.4 is 4.74 Å². The quantitative estimate of drug-likeness (QED) is 0.202. The van der Waals surface area contributed by atoms with Crippen LogP contribution in [0.3, 0.4) is 0 Å². The second-order valence-corrected chi connectivity index (χ2v) is 10.5. The summed E-state index contributed by atoms with van der Waals surface area (Å²) in [5.41, 5.74) is 9.17. The third-order valence-electron chi connectivity index (χ3n) is 8.58. The van der Waals surface area contributed by atoms with Crippen molar-refractivity contribution in [2.24, 2.45) is 0 Å². The molecule has 41 heavy (non-hydrogen) atoms. The van der Waals surface area contributed by atoms with Gasteiger partial charge in [0, 0.05) is 28.9 Å². The minimum atomic E-state index is -0.636. The molecule has 2 aliphatic rings. The Hall–Kier alpha value is -5.73. The predicted molar refractivity (Wildman–Crippen MR) is 160 cm³/mol. The summed E-state index contributed by atoms with van der Waals surface area (Å²) in [6.07, 6.45) is 3.68. The van der Waals surface area contributed by atoms with Crippen molar-refractivity contribution >= 4 is 27.5 Å². The fourth-order valence-corrected chi connectivity index (χ4v) is 7.03. The van der Waals surface area contributed by atoms with Crippen molar-refractivity contribution in [1.29, 1.82) is 0 Å². The molecule has 0 fully saturated rings. The van der Waals surface area contributed by atoms with Crippen molar-refractivity contribution in [1.82, 2.24) is 14.5 Å². The Morgan fingerprint density at radius 1 is 0.634 bits per heavy atom. The van der Waals surface area contributed by atoms with Crippen molar-refractivity contribution < 1.29 is 4.74 Å². The topological polar surface area (TPSA) is 44.3 Å².